The topological polar surface area (TPSA) is 92.5 Å². The summed E-state index contributed by atoms with van der Waals surface area (Å²) in [7, 11) is 0. The van der Waals surface area contributed by atoms with Gasteiger partial charge in [0.2, 0.25) is 0 Å². The number of nitrogens with one attached hydrogen (secondary N) is 1. The number of allylic oxidation sites excluding steroid dienone is 2. The molecule has 1 heterocycles. The van der Waals surface area contributed by atoms with Crippen molar-refractivity contribution in [2.45, 2.75) is 19.8 Å². The number of aromatic hydroxyl groups is 1. The molecule has 0 atom stereocenters. The second kappa shape index (κ2) is 6.45. The summed E-state index contributed by atoms with van der Waals surface area (Å²) in [6, 6.07) is 6.16. The molecule has 0 saturated carbocycles. The molecule has 2 rings (SSSR count). The number of carbonyl (C=O) groups excluding carboxylic acids is 1. The van der Waals surface area contributed by atoms with Crippen LogP contribution in [0.4, 0.5) is 0 Å². The average molecular weight is 306 g/mol. The SMILES string of the molecule is CC1=C(NC(=O)c2ccccc2O)SC([N+](=O)[O-])=CCC1. The number of thioether (sulfide) groups is 1. The fraction of sp³-hybridized carbons (Fsp3) is 0.214. The van der Waals surface area contributed by atoms with Crippen LogP contribution in [0.1, 0.15) is 30.1 Å². The van der Waals surface area contributed by atoms with Crippen LogP contribution in [0.5, 0.6) is 5.75 Å². The lowest BCUT2D eigenvalue weighted by molar-refractivity contribution is -0.410. The molecule has 1 aromatic rings. The molecule has 0 saturated heterocycles. The number of nitro groups is 1. The third kappa shape index (κ3) is 3.63. The number of amides is 1. The van der Waals surface area contributed by atoms with Crippen molar-refractivity contribution in [2.24, 2.45) is 0 Å². The third-order valence-electron chi connectivity index (χ3n) is 2.99. The number of hydrogen-bond donors (Lipinski definition) is 2. The minimum absolute atomic E-state index is 0.000524. The van der Waals surface area contributed by atoms with Crippen molar-refractivity contribution in [3.8, 4) is 5.75 Å². The van der Waals surface area contributed by atoms with E-state index in [1.807, 2.05) is 6.92 Å². The van der Waals surface area contributed by atoms with Crippen LogP contribution in [-0.4, -0.2) is 15.9 Å². The lowest BCUT2D eigenvalue weighted by Gasteiger charge is -2.11. The van der Waals surface area contributed by atoms with Crippen molar-refractivity contribution in [1.82, 2.24) is 5.32 Å². The predicted molar refractivity (Wildman–Crippen MR) is 80.2 cm³/mol. The molecule has 0 spiro atoms. The van der Waals surface area contributed by atoms with E-state index >= 15 is 0 Å². The van der Waals surface area contributed by atoms with Crippen molar-refractivity contribution in [3.63, 3.8) is 0 Å². The first-order chi connectivity index (χ1) is 9.99. The van der Waals surface area contributed by atoms with Crippen LogP contribution in [0.2, 0.25) is 0 Å². The summed E-state index contributed by atoms with van der Waals surface area (Å²) >= 11 is 0.925. The molecule has 21 heavy (non-hydrogen) atoms. The van der Waals surface area contributed by atoms with Crippen molar-refractivity contribution in [2.75, 3.05) is 0 Å². The Morgan fingerprint density at radius 2 is 2.14 bits per heavy atom. The first-order valence-corrected chi connectivity index (χ1v) is 7.12. The Morgan fingerprint density at radius 3 is 2.81 bits per heavy atom. The largest absolute Gasteiger partial charge is 0.507 e. The van der Waals surface area contributed by atoms with Gasteiger partial charge in [-0.15, -0.1) is 0 Å². The monoisotopic (exact) mass is 306 g/mol. The van der Waals surface area contributed by atoms with Gasteiger partial charge in [-0.3, -0.25) is 14.9 Å². The van der Waals surface area contributed by atoms with Crippen molar-refractivity contribution >= 4 is 17.7 Å². The van der Waals surface area contributed by atoms with Gasteiger partial charge in [0.25, 0.3) is 5.91 Å². The van der Waals surface area contributed by atoms with Gasteiger partial charge < -0.3 is 10.4 Å². The maximum absolute atomic E-state index is 12.2. The van der Waals surface area contributed by atoms with Crippen molar-refractivity contribution < 1.29 is 14.8 Å². The van der Waals surface area contributed by atoms with Gasteiger partial charge in [-0.2, -0.15) is 0 Å². The van der Waals surface area contributed by atoms with Crippen molar-refractivity contribution in [1.29, 1.82) is 0 Å². The number of carbonyl (C=O) groups is 1. The zero-order valence-corrected chi connectivity index (χ0v) is 12.1. The average Bonchev–Trinajstić information content (AvgIpc) is 2.62. The number of benzene rings is 1. The summed E-state index contributed by atoms with van der Waals surface area (Å²) in [4.78, 5) is 22.6. The Hall–Kier alpha value is -2.28. The molecule has 1 amide bonds. The van der Waals surface area contributed by atoms with Gasteiger partial charge in [0, 0.05) is 17.8 Å². The normalized spacial score (nSPS) is 15.2. The number of nitrogens with zero attached hydrogens (tertiary/aromatic N) is 1. The summed E-state index contributed by atoms with van der Waals surface area (Å²) in [5, 5.41) is 23.7. The molecule has 1 aliphatic rings. The Morgan fingerprint density at radius 1 is 1.43 bits per heavy atom. The number of rotatable bonds is 3. The smallest absolute Gasteiger partial charge is 0.305 e. The van der Waals surface area contributed by atoms with Gasteiger partial charge in [0.1, 0.15) is 5.75 Å². The summed E-state index contributed by atoms with van der Waals surface area (Å²) in [6.07, 6.45) is 2.75. The van der Waals surface area contributed by atoms with E-state index in [-0.39, 0.29) is 16.3 Å². The second-order valence-electron chi connectivity index (χ2n) is 4.52. The molecule has 1 aromatic carbocycles. The van der Waals surface area contributed by atoms with Crippen LogP contribution in [0.25, 0.3) is 0 Å². The van der Waals surface area contributed by atoms with Gasteiger partial charge in [-0.05, 0) is 37.5 Å². The minimum Gasteiger partial charge on any atom is -0.507 e. The molecule has 0 aliphatic carbocycles. The molecular weight excluding hydrogens is 292 g/mol. The van der Waals surface area contributed by atoms with Crippen LogP contribution >= 0.6 is 11.8 Å². The van der Waals surface area contributed by atoms with Gasteiger partial charge in [-0.25, -0.2) is 0 Å². The molecule has 110 valence electrons. The highest BCUT2D eigenvalue weighted by atomic mass is 32.2. The summed E-state index contributed by atoms with van der Waals surface area (Å²) in [5.74, 6) is -0.614. The number of hydrogen-bond acceptors (Lipinski definition) is 5. The lowest BCUT2D eigenvalue weighted by Crippen LogP contribution is -2.22. The zero-order valence-electron chi connectivity index (χ0n) is 11.3. The van der Waals surface area contributed by atoms with Gasteiger partial charge in [-0.1, -0.05) is 12.1 Å². The first-order valence-electron chi connectivity index (χ1n) is 6.30. The second-order valence-corrected chi connectivity index (χ2v) is 5.55. The molecule has 7 heteroatoms. The van der Waals surface area contributed by atoms with E-state index in [9.17, 15) is 20.0 Å². The maximum atomic E-state index is 12.2. The predicted octanol–water partition coefficient (Wildman–Crippen LogP) is 3.00. The van der Waals surface area contributed by atoms with Crippen LogP contribution in [0.15, 0.2) is 46.0 Å². The van der Waals surface area contributed by atoms with Crippen LogP contribution in [0.3, 0.4) is 0 Å². The summed E-state index contributed by atoms with van der Waals surface area (Å²) in [5.41, 5.74) is 1.01. The Labute approximate surface area is 125 Å². The standard InChI is InChI=1S/C14H14N2O4S/c1-9-5-4-8-12(16(19)20)21-14(9)15-13(18)10-6-2-3-7-11(10)17/h2-3,6-8,17H,4-5H2,1H3,(H,15,18). The fourth-order valence-electron chi connectivity index (χ4n) is 1.84. The third-order valence-corrected chi connectivity index (χ3v) is 4.17. The van der Waals surface area contributed by atoms with Crippen LogP contribution in [0, 0.1) is 10.1 Å². The number of para-hydroxylation sites is 1. The number of phenols is 1. The fourth-order valence-corrected chi connectivity index (χ4v) is 2.74. The summed E-state index contributed by atoms with van der Waals surface area (Å²) < 4.78 is 0. The van der Waals surface area contributed by atoms with Crippen LogP contribution < -0.4 is 5.32 Å². The molecule has 0 bridgehead atoms. The first kappa shape index (κ1) is 15.1. The number of phenolic OH excluding ortho intramolecular Hbond substituents is 1. The van der Waals surface area contributed by atoms with E-state index in [2.05, 4.69) is 5.32 Å². The van der Waals surface area contributed by atoms with Gasteiger partial charge in [0.05, 0.1) is 15.5 Å². The Kier molecular flexibility index (Phi) is 4.64. The lowest BCUT2D eigenvalue weighted by atomic mass is 10.1. The molecular formula is C14H14N2O4S. The highest BCUT2D eigenvalue weighted by Gasteiger charge is 2.22. The van der Waals surface area contributed by atoms with Crippen molar-refractivity contribution in [3.05, 3.63) is 61.7 Å². The van der Waals surface area contributed by atoms with Crippen LogP contribution in [-0.2, 0) is 0 Å². The van der Waals surface area contributed by atoms with E-state index in [0.29, 0.717) is 17.9 Å². The molecule has 0 radical (unpaired) electrons. The molecule has 2 N–H and O–H groups in total. The Balaban J connectivity index is 2.21. The molecule has 0 unspecified atom stereocenters. The molecule has 0 aromatic heterocycles. The minimum atomic E-state index is -0.487. The van der Waals surface area contributed by atoms with E-state index in [0.717, 1.165) is 17.3 Å². The molecule has 1 aliphatic heterocycles. The summed E-state index contributed by atoms with van der Waals surface area (Å²) in [6.45, 7) is 1.82. The van der Waals surface area contributed by atoms with Gasteiger partial charge in [0.15, 0.2) is 0 Å². The molecule has 0 fully saturated rings. The quantitative estimate of drug-likeness (QED) is 0.661. The Bertz CT molecular complexity index is 652. The highest BCUT2D eigenvalue weighted by molar-refractivity contribution is 8.06. The van der Waals surface area contributed by atoms with E-state index in [4.69, 9.17) is 0 Å². The highest BCUT2D eigenvalue weighted by Crippen LogP contribution is 2.32. The molecule has 6 nitrogen and oxygen atoms in total. The maximum Gasteiger partial charge on any atom is 0.305 e. The van der Waals surface area contributed by atoms with Gasteiger partial charge >= 0.3 is 5.03 Å². The van der Waals surface area contributed by atoms with E-state index in [1.54, 1.807) is 18.2 Å². The van der Waals surface area contributed by atoms with E-state index < -0.39 is 10.8 Å². The zero-order chi connectivity index (χ0) is 15.4. The van der Waals surface area contributed by atoms with E-state index in [1.165, 1.54) is 12.1 Å².